The highest BCUT2D eigenvalue weighted by Crippen LogP contribution is 2.10. The van der Waals surface area contributed by atoms with E-state index in [4.69, 9.17) is 0 Å². The van der Waals surface area contributed by atoms with E-state index >= 15 is 0 Å². The van der Waals surface area contributed by atoms with E-state index in [1.54, 1.807) is 7.05 Å². The zero-order chi connectivity index (χ0) is 10.6. The summed E-state index contributed by atoms with van der Waals surface area (Å²) in [5, 5.41) is 2.92. The normalized spacial score (nSPS) is 15.1. The maximum atomic E-state index is 13.6. The molecule has 0 radical (unpaired) electrons. The number of rotatable bonds is 4. The molecule has 1 aromatic carbocycles. The molecule has 0 aliphatic rings. The van der Waals surface area contributed by atoms with Crippen molar-refractivity contribution in [1.29, 1.82) is 0 Å². The average molecular weight is 195 g/mol. The SMILES string of the molecule is CNC(C)C(F)Cc1cccc(C)c1. The molecule has 2 unspecified atom stereocenters. The summed E-state index contributed by atoms with van der Waals surface area (Å²) in [4.78, 5) is 0. The Bertz CT molecular complexity index is 285. The van der Waals surface area contributed by atoms with E-state index < -0.39 is 6.17 Å². The van der Waals surface area contributed by atoms with E-state index in [9.17, 15) is 4.39 Å². The van der Waals surface area contributed by atoms with Gasteiger partial charge in [-0.1, -0.05) is 29.8 Å². The quantitative estimate of drug-likeness (QED) is 0.778. The third-order valence-corrected chi connectivity index (χ3v) is 2.51. The van der Waals surface area contributed by atoms with Crippen LogP contribution in [0, 0.1) is 6.92 Å². The van der Waals surface area contributed by atoms with Gasteiger partial charge in [0.1, 0.15) is 6.17 Å². The van der Waals surface area contributed by atoms with Crippen molar-refractivity contribution < 1.29 is 4.39 Å². The Morgan fingerprint density at radius 2 is 2.14 bits per heavy atom. The summed E-state index contributed by atoms with van der Waals surface area (Å²) >= 11 is 0. The van der Waals surface area contributed by atoms with Gasteiger partial charge in [-0.25, -0.2) is 4.39 Å². The molecule has 0 saturated carbocycles. The average Bonchev–Trinajstić information content (AvgIpc) is 2.16. The van der Waals surface area contributed by atoms with Crippen molar-refractivity contribution in [2.24, 2.45) is 0 Å². The zero-order valence-corrected chi connectivity index (χ0v) is 9.05. The third-order valence-electron chi connectivity index (χ3n) is 2.51. The van der Waals surface area contributed by atoms with Gasteiger partial charge >= 0.3 is 0 Å². The van der Waals surface area contributed by atoms with Gasteiger partial charge < -0.3 is 5.32 Å². The van der Waals surface area contributed by atoms with Crippen LogP contribution in [-0.2, 0) is 6.42 Å². The van der Waals surface area contributed by atoms with E-state index in [1.165, 1.54) is 5.56 Å². The number of benzene rings is 1. The van der Waals surface area contributed by atoms with Crippen LogP contribution in [0.5, 0.6) is 0 Å². The zero-order valence-electron chi connectivity index (χ0n) is 9.05. The van der Waals surface area contributed by atoms with Crippen molar-refractivity contribution in [3.63, 3.8) is 0 Å². The summed E-state index contributed by atoms with van der Waals surface area (Å²) in [6, 6.07) is 7.92. The molecule has 0 spiro atoms. The lowest BCUT2D eigenvalue weighted by atomic mass is 10.0. The molecule has 0 aliphatic heterocycles. The van der Waals surface area contributed by atoms with Gasteiger partial charge in [-0.05, 0) is 26.5 Å². The Hall–Kier alpha value is -0.890. The summed E-state index contributed by atoms with van der Waals surface area (Å²) in [5.74, 6) is 0. The van der Waals surface area contributed by atoms with Crippen molar-refractivity contribution >= 4 is 0 Å². The number of halogens is 1. The van der Waals surface area contributed by atoms with Crippen molar-refractivity contribution in [1.82, 2.24) is 5.32 Å². The molecule has 1 nitrogen and oxygen atoms in total. The first kappa shape index (κ1) is 11.2. The smallest absolute Gasteiger partial charge is 0.119 e. The number of aryl methyl sites for hydroxylation is 1. The third kappa shape index (κ3) is 3.11. The second-order valence-corrected chi connectivity index (χ2v) is 3.79. The van der Waals surface area contributed by atoms with Gasteiger partial charge in [0, 0.05) is 12.5 Å². The minimum absolute atomic E-state index is 0.0875. The highest BCUT2D eigenvalue weighted by atomic mass is 19.1. The topological polar surface area (TPSA) is 12.0 Å². The molecule has 1 N–H and O–H groups in total. The van der Waals surface area contributed by atoms with Crippen molar-refractivity contribution in [3.05, 3.63) is 35.4 Å². The molecule has 0 amide bonds. The Morgan fingerprint density at radius 3 is 2.71 bits per heavy atom. The van der Waals surface area contributed by atoms with E-state index in [2.05, 4.69) is 5.32 Å². The fourth-order valence-corrected chi connectivity index (χ4v) is 1.42. The van der Waals surface area contributed by atoms with Gasteiger partial charge in [-0.3, -0.25) is 0 Å². The van der Waals surface area contributed by atoms with Gasteiger partial charge in [-0.15, -0.1) is 0 Å². The molecule has 0 heterocycles. The summed E-state index contributed by atoms with van der Waals surface area (Å²) in [5.41, 5.74) is 2.26. The van der Waals surface area contributed by atoms with E-state index in [-0.39, 0.29) is 6.04 Å². The van der Waals surface area contributed by atoms with Crippen LogP contribution < -0.4 is 5.32 Å². The van der Waals surface area contributed by atoms with Crippen LogP contribution in [0.2, 0.25) is 0 Å². The molecule has 0 saturated heterocycles. The number of hydrogen-bond donors (Lipinski definition) is 1. The second kappa shape index (κ2) is 5.11. The molecule has 1 rings (SSSR count). The predicted molar refractivity (Wildman–Crippen MR) is 58.3 cm³/mol. The fourth-order valence-electron chi connectivity index (χ4n) is 1.42. The molecular formula is C12H18FN. The van der Waals surface area contributed by atoms with Crippen LogP contribution in [0.15, 0.2) is 24.3 Å². The summed E-state index contributed by atoms with van der Waals surface area (Å²) < 4.78 is 13.6. The first-order valence-corrected chi connectivity index (χ1v) is 5.00. The highest BCUT2D eigenvalue weighted by Gasteiger charge is 2.14. The van der Waals surface area contributed by atoms with E-state index in [1.807, 2.05) is 38.1 Å². The Morgan fingerprint density at radius 1 is 1.43 bits per heavy atom. The minimum atomic E-state index is -0.818. The minimum Gasteiger partial charge on any atom is -0.314 e. The number of alkyl halides is 1. The molecule has 78 valence electrons. The van der Waals surface area contributed by atoms with Crippen LogP contribution >= 0.6 is 0 Å². The first-order valence-electron chi connectivity index (χ1n) is 5.00. The van der Waals surface area contributed by atoms with Gasteiger partial charge in [0.15, 0.2) is 0 Å². The van der Waals surface area contributed by atoms with Crippen LogP contribution in [0.1, 0.15) is 18.1 Å². The Balaban J connectivity index is 2.60. The molecule has 0 fully saturated rings. The lowest BCUT2D eigenvalue weighted by molar-refractivity contribution is 0.267. The number of hydrogen-bond acceptors (Lipinski definition) is 1. The largest absolute Gasteiger partial charge is 0.314 e. The summed E-state index contributed by atoms with van der Waals surface area (Å²) in [6.45, 7) is 3.89. The lowest BCUT2D eigenvalue weighted by Gasteiger charge is -2.15. The summed E-state index contributed by atoms with van der Waals surface area (Å²) in [7, 11) is 1.79. The van der Waals surface area contributed by atoms with Crippen LogP contribution in [-0.4, -0.2) is 19.3 Å². The molecule has 2 heteroatoms. The van der Waals surface area contributed by atoms with Crippen molar-refractivity contribution in [2.45, 2.75) is 32.5 Å². The van der Waals surface area contributed by atoms with E-state index in [0.29, 0.717) is 6.42 Å². The summed E-state index contributed by atoms with van der Waals surface area (Å²) in [6.07, 6.45) is -0.328. The fraction of sp³-hybridized carbons (Fsp3) is 0.500. The molecule has 2 atom stereocenters. The van der Waals surface area contributed by atoms with E-state index in [0.717, 1.165) is 5.56 Å². The Kier molecular flexibility index (Phi) is 4.08. The van der Waals surface area contributed by atoms with Crippen molar-refractivity contribution in [3.8, 4) is 0 Å². The molecule has 0 aliphatic carbocycles. The standard InChI is InChI=1S/C12H18FN/c1-9-5-4-6-11(7-9)8-12(13)10(2)14-3/h4-7,10,12,14H,8H2,1-3H3. The molecule has 1 aromatic rings. The first-order chi connectivity index (χ1) is 6.63. The van der Waals surface area contributed by atoms with Gasteiger partial charge in [0.25, 0.3) is 0 Å². The van der Waals surface area contributed by atoms with Gasteiger partial charge in [0.2, 0.25) is 0 Å². The van der Waals surface area contributed by atoms with Gasteiger partial charge in [-0.2, -0.15) is 0 Å². The second-order valence-electron chi connectivity index (χ2n) is 3.79. The monoisotopic (exact) mass is 195 g/mol. The molecule has 14 heavy (non-hydrogen) atoms. The molecular weight excluding hydrogens is 177 g/mol. The van der Waals surface area contributed by atoms with Gasteiger partial charge in [0.05, 0.1) is 0 Å². The molecule has 0 bridgehead atoms. The maximum Gasteiger partial charge on any atom is 0.119 e. The van der Waals surface area contributed by atoms with Crippen LogP contribution in [0.4, 0.5) is 4.39 Å². The predicted octanol–water partition coefficient (Wildman–Crippen LogP) is 2.48. The van der Waals surface area contributed by atoms with Crippen LogP contribution in [0.25, 0.3) is 0 Å². The Labute approximate surface area is 85.3 Å². The number of nitrogens with one attached hydrogen (secondary N) is 1. The lowest BCUT2D eigenvalue weighted by Crippen LogP contribution is -2.33. The molecule has 0 aromatic heterocycles. The maximum absolute atomic E-state index is 13.6. The van der Waals surface area contributed by atoms with Crippen molar-refractivity contribution in [2.75, 3.05) is 7.05 Å². The van der Waals surface area contributed by atoms with Crippen LogP contribution in [0.3, 0.4) is 0 Å². The highest BCUT2D eigenvalue weighted by molar-refractivity contribution is 5.22.